The van der Waals surface area contributed by atoms with Gasteiger partial charge in [-0.2, -0.15) is 5.10 Å². The van der Waals surface area contributed by atoms with Gasteiger partial charge in [-0.25, -0.2) is 13.4 Å². The predicted molar refractivity (Wildman–Crippen MR) is 85.4 cm³/mol. The average Bonchev–Trinajstić information content (AvgIpc) is 2.94. The molecule has 1 aromatic heterocycles. The van der Waals surface area contributed by atoms with Crippen molar-refractivity contribution in [3.05, 3.63) is 12.7 Å². The molecule has 0 aliphatic carbocycles. The molecule has 0 radical (unpaired) electrons. The molecule has 1 aliphatic heterocycles. The van der Waals surface area contributed by atoms with Gasteiger partial charge in [0.05, 0.1) is 23.6 Å². The van der Waals surface area contributed by atoms with E-state index < -0.39 is 14.6 Å². The topological polar surface area (TPSA) is 92.5 Å². The van der Waals surface area contributed by atoms with Crippen LogP contribution in [-0.4, -0.2) is 70.7 Å². The third-order valence-corrected chi connectivity index (χ3v) is 6.27. The van der Waals surface area contributed by atoms with Gasteiger partial charge in [-0.05, 0) is 20.8 Å². The summed E-state index contributed by atoms with van der Waals surface area (Å²) < 4.78 is 25.1. The van der Waals surface area contributed by atoms with E-state index >= 15 is 0 Å². The van der Waals surface area contributed by atoms with Gasteiger partial charge >= 0.3 is 0 Å². The summed E-state index contributed by atoms with van der Waals surface area (Å²) in [5, 5.41) is 7.27. The fourth-order valence-electron chi connectivity index (χ4n) is 2.36. The van der Waals surface area contributed by atoms with E-state index in [1.54, 1.807) is 24.9 Å². The maximum Gasteiger partial charge on any atom is 0.194 e. The van der Waals surface area contributed by atoms with Crippen LogP contribution < -0.4 is 5.32 Å². The minimum absolute atomic E-state index is 0.160. The molecule has 0 unspecified atom stereocenters. The van der Waals surface area contributed by atoms with E-state index in [4.69, 9.17) is 0 Å². The maximum atomic E-state index is 12.1. The Morgan fingerprint density at radius 1 is 1.45 bits per heavy atom. The highest BCUT2D eigenvalue weighted by Crippen LogP contribution is 2.23. The van der Waals surface area contributed by atoms with Gasteiger partial charge in [0.1, 0.15) is 12.7 Å². The van der Waals surface area contributed by atoms with Gasteiger partial charge in [0.2, 0.25) is 0 Å². The van der Waals surface area contributed by atoms with Crippen LogP contribution in [0.2, 0.25) is 0 Å². The number of nitrogens with zero attached hydrogens (tertiary/aromatic N) is 5. The zero-order valence-corrected chi connectivity index (χ0v) is 14.2. The van der Waals surface area contributed by atoms with Gasteiger partial charge in [-0.3, -0.25) is 9.67 Å². The number of sulfone groups is 1. The molecule has 1 N–H and O–H groups in total. The molecule has 1 aliphatic rings. The summed E-state index contributed by atoms with van der Waals surface area (Å²) in [6, 6.07) is 0. The molecule has 1 saturated heterocycles. The second-order valence-electron chi connectivity index (χ2n) is 5.89. The molecule has 2 rings (SSSR count). The van der Waals surface area contributed by atoms with E-state index in [0.29, 0.717) is 26.2 Å². The van der Waals surface area contributed by atoms with Crippen LogP contribution in [0.15, 0.2) is 17.6 Å². The predicted octanol–water partition coefficient (Wildman–Crippen LogP) is -0.247. The summed E-state index contributed by atoms with van der Waals surface area (Å²) in [5.74, 6) is 0.915. The van der Waals surface area contributed by atoms with Gasteiger partial charge < -0.3 is 10.2 Å². The first-order chi connectivity index (χ1) is 10.4. The standard InChI is InChI=1S/C13H24N6O2S/c1-4-15-12(16-5-6-19-11-14-10-17-19)18-7-8-22(20,21)13(2,3)9-18/h10-11H,4-9H2,1-3H3,(H,15,16). The van der Waals surface area contributed by atoms with Crippen molar-refractivity contribution in [2.75, 3.05) is 31.9 Å². The third-order valence-electron chi connectivity index (χ3n) is 3.74. The second-order valence-corrected chi connectivity index (χ2v) is 8.64. The molecule has 2 heterocycles. The minimum Gasteiger partial charge on any atom is -0.357 e. The van der Waals surface area contributed by atoms with Crippen molar-refractivity contribution in [1.29, 1.82) is 0 Å². The molecule has 124 valence electrons. The van der Waals surface area contributed by atoms with E-state index in [-0.39, 0.29) is 5.75 Å². The van der Waals surface area contributed by atoms with Crippen LogP contribution in [0.3, 0.4) is 0 Å². The smallest absolute Gasteiger partial charge is 0.194 e. The van der Waals surface area contributed by atoms with E-state index in [1.807, 2.05) is 11.8 Å². The zero-order valence-electron chi connectivity index (χ0n) is 13.4. The number of hydrogen-bond donors (Lipinski definition) is 1. The SMILES string of the molecule is CCNC(=NCCn1cncn1)N1CCS(=O)(=O)C(C)(C)C1. The Kier molecular flexibility index (Phi) is 5.05. The van der Waals surface area contributed by atoms with Crippen molar-refractivity contribution in [3.8, 4) is 0 Å². The Morgan fingerprint density at radius 2 is 2.23 bits per heavy atom. The molecule has 9 heteroatoms. The van der Waals surface area contributed by atoms with Gasteiger partial charge in [-0.1, -0.05) is 0 Å². The number of guanidine groups is 1. The van der Waals surface area contributed by atoms with Gasteiger partial charge in [0.15, 0.2) is 15.8 Å². The molecule has 0 atom stereocenters. The Hall–Kier alpha value is -1.64. The quantitative estimate of drug-likeness (QED) is 0.605. The van der Waals surface area contributed by atoms with E-state index in [2.05, 4.69) is 20.4 Å². The van der Waals surface area contributed by atoms with E-state index in [0.717, 1.165) is 12.5 Å². The largest absolute Gasteiger partial charge is 0.357 e. The highest BCUT2D eigenvalue weighted by Gasteiger charge is 2.40. The van der Waals surface area contributed by atoms with E-state index in [9.17, 15) is 8.42 Å². The van der Waals surface area contributed by atoms with Crippen molar-refractivity contribution < 1.29 is 8.42 Å². The Balaban J connectivity index is 2.04. The molecule has 0 bridgehead atoms. The fourth-order valence-corrected chi connectivity index (χ4v) is 3.72. The highest BCUT2D eigenvalue weighted by molar-refractivity contribution is 7.92. The molecule has 0 amide bonds. The van der Waals surface area contributed by atoms with Gasteiger partial charge in [0, 0.05) is 19.6 Å². The third kappa shape index (κ3) is 3.76. The summed E-state index contributed by atoms with van der Waals surface area (Å²) in [6.07, 6.45) is 3.14. The molecular weight excluding hydrogens is 304 g/mol. The summed E-state index contributed by atoms with van der Waals surface area (Å²) in [7, 11) is -3.05. The lowest BCUT2D eigenvalue weighted by atomic mass is 10.2. The number of hydrogen-bond acceptors (Lipinski definition) is 5. The molecule has 0 spiro atoms. The van der Waals surface area contributed by atoms with Crippen molar-refractivity contribution in [1.82, 2.24) is 25.0 Å². The summed E-state index contributed by atoms with van der Waals surface area (Å²) in [5.41, 5.74) is 0. The number of aliphatic imine (C=N–C) groups is 1. The van der Waals surface area contributed by atoms with Crippen LogP contribution in [0.5, 0.6) is 0 Å². The van der Waals surface area contributed by atoms with Crippen LogP contribution >= 0.6 is 0 Å². The number of rotatable bonds is 4. The first-order valence-electron chi connectivity index (χ1n) is 7.44. The molecule has 0 saturated carbocycles. The normalized spacial score (nSPS) is 20.9. The first-order valence-corrected chi connectivity index (χ1v) is 9.09. The first kappa shape index (κ1) is 16.7. The lowest BCUT2D eigenvalue weighted by Crippen LogP contribution is -2.57. The fraction of sp³-hybridized carbons (Fsp3) is 0.769. The maximum absolute atomic E-state index is 12.1. The second kappa shape index (κ2) is 6.64. The van der Waals surface area contributed by atoms with Crippen molar-refractivity contribution in [2.24, 2.45) is 4.99 Å². The number of aromatic nitrogens is 3. The van der Waals surface area contributed by atoms with Crippen LogP contribution in [-0.2, 0) is 16.4 Å². The highest BCUT2D eigenvalue weighted by atomic mass is 32.2. The Bertz CT molecular complexity index is 608. The number of nitrogens with one attached hydrogen (secondary N) is 1. The zero-order chi connectivity index (χ0) is 16.2. The molecule has 0 aromatic carbocycles. The Labute approximate surface area is 131 Å². The van der Waals surface area contributed by atoms with Gasteiger partial charge in [0.25, 0.3) is 0 Å². The van der Waals surface area contributed by atoms with Crippen molar-refractivity contribution >= 4 is 15.8 Å². The summed E-state index contributed by atoms with van der Waals surface area (Å²) >= 11 is 0. The van der Waals surface area contributed by atoms with Gasteiger partial charge in [-0.15, -0.1) is 0 Å². The minimum atomic E-state index is -3.05. The van der Waals surface area contributed by atoms with Crippen LogP contribution in [0.4, 0.5) is 0 Å². The molecule has 22 heavy (non-hydrogen) atoms. The van der Waals surface area contributed by atoms with Crippen molar-refractivity contribution in [2.45, 2.75) is 32.1 Å². The van der Waals surface area contributed by atoms with E-state index in [1.165, 1.54) is 6.33 Å². The molecule has 1 fully saturated rings. The van der Waals surface area contributed by atoms with Crippen LogP contribution in [0.25, 0.3) is 0 Å². The summed E-state index contributed by atoms with van der Waals surface area (Å²) in [4.78, 5) is 10.5. The van der Waals surface area contributed by atoms with Crippen molar-refractivity contribution in [3.63, 3.8) is 0 Å². The lowest BCUT2D eigenvalue weighted by molar-refractivity contribution is 0.353. The monoisotopic (exact) mass is 328 g/mol. The Morgan fingerprint density at radius 3 is 2.82 bits per heavy atom. The van der Waals surface area contributed by atoms with Crippen LogP contribution in [0, 0.1) is 0 Å². The average molecular weight is 328 g/mol. The molecular formula is C13H24N6O2S. The molecule has 8 nitrogen and oxygen atoms in total. The lowest BCUT2D eigenvalue weighted by Gasteiger charge is -2.39. The summed E-state index contributed by atoms with van der Waals surface area (Å²) in [6.45, 7) is 8.41. The molecule has 1 aromatic rings. The van der Waals surface area contributed by atoms with Crippen LogP contribution in [0.1, 0.15) is 20.8 Å².